The molecular formula is C20H26O7. The van der Waals surface area contributed by atoms with E-state index in [2.05, 4.69) is 6.92 Å². The predicted octanol–water partition coefficient (Wildman–Crippen LogP) is 1.98. The van der Waals surface area contributed by atoms with Gasteiger partial charge in [-0.1, -0.05) is 12.5 Å². The average molecular weight is 378 g/mol. The molecule has 0 spiro atoms. The van der Waals surface area contributed by atoms with Crippen molar-refractivity contribution in [2.45, 2.75) is 52.6 Å². The number of ether oxygens (including phenoxy) is 3. The van der Waals surface area contributed by atoms with Crippen LogP contribution in [0.3, 0.4) is 0 Å². The highest BCUT2D eigenvalue weighted by Crippen LogP contribution is 2.69. The Labute approximate surface area is 158 Å². The summed E-state index contributed by atoms with van der Waals surface area (Å²) in [7, 11) is 1.21. The molecule has 3 rings (SSSR count). The molecule has 0 amide bonds. The second kappa shape index (κ2) is 6.46. The molecule has 2 fully saturated rings. The molecule has 2 unspecified atom stereocenters. The van der Waals surface area contributed by atoms with Crippen molar-refractivity contribution in [3.63, 3.8) is 0 Å². The first-order chi connectivity index (χ1) is 12.5. The van der Waals surface area contributed by atoms with Crippen molar-refractivity contribution in [2.24, 2.45) is 23.2 Å². The van der Waals surface area contributed by atoms with Crippen LogP contribution in [0.15, 0.2) is 11.1 Å². The van der Waals surface area contributed by atoms with E-state index in [0.29, 0.717) is 18.3 Å². The largest absolute Gasteiger partial charge is 0.466 e. The number of Topliss-reactive ketones (excluding diaryl/α,β-unsaturated/α-hetero) is 1. The van der Waals surface area contributed by atoms with Crippen molar-refractivity contribution in [3.8, 4) is 0 Å². The van der Waals surface area contributed by atoms with Crippen LogP contribution in [0.2, 0.25) is 0 Å². The van der Waals surface area contributed by atoms with Crippen molar-refractivity contribution < 1.29 is 33.4 Å². The molecule has 0 bridgehead atoms. The number of carbonyl (C=O) groups is 4. The summed E-state index contributed by atoms with van der Waals surface area (Å²) >= 11 is 0. The van der Waals surface area contributed by atoms with Crippen LogP contribution in [0.5, 0.6) is 0 Å². The predicted molar refractivity (Wildman–Crippen MR) is 93.3 cm³/mol. The third-order valence-electron chi connectivity index (χ3n) is 6.51. The van der Waals surface area contributed by atoms with Gasteiger partial charge in [0.05, 0.1) is 13.0 Å². The van der Waals surface area contributed by atoms with Gasteiger partial charge in [-0.3, -0.25) is 14.4 Å². The molecule has 0 aromatic rings. The van der Waals surface area contributed by atoms with E-state index in [1.165, 1.54) is 27.9 Å². The van der Waals surface area contributed by atoms with Crippen molar-refractivity contribution in [3.05, 3.63) is 11.1 Å². The molecule has 148 valence electrons. The van der Waals surface area contributed by atoms with Gasteiger partial charge in [-0.25, -0.2) is 4.79 Å². The van der Waals surface area contributed by atoms with Crippen LogP contribution in [-0.4, -0.2) is 43.0 Å². The molecule has 27 heavy (non-hydrogen) atoms. The van der Waals surface area contributed by atoms with E-state index < -0.39 is 23.5 Å². The zero-order chi connectivity index (χ0) is 20.1. The molecule has 0 N–H and O–H groups in total. The number of hydrogen-bond donors (Lipinski definition) is 0. The second-order valence-corrected chi connectivity index (χ2v) is 8.24. The molecule has 0 aromatic heterocycles. The van der Waals surface area contributed by atoms with E-state index in [4.69, 9.17) is 14.2 Å². The fourth-order valence-electron chi connectivity index (χ4n) is 5.14. The van der Waals surface area contributed by atoms with E-state index in [-0.39, 0.29) is 30.2 Å². The summed E-state index contributed by atoms with van der Waals surface area (Å²) in [5.74, 6) is -1.96. The molecule has 2 saturated carbocycles. The van der Waals surface area contributed by atoms with Crippen LogP contribution >= 0.6 is 0 Å². The van der Waals surface area contributed by atoms with E-state index in [9.17, 15) is 19.2 Å². The van der Waals surface area contributed by atoms with Gasteiger partial charge in [-0.15, -0.1) is 0 Å². The average Bonchev–Trinajstić information content (AvgIpc) is 3.32. The summed E-state index contributed by atoms with van der Waals surface area (Å²) in [6.07, 6.45) is 1.58. The number of methoxy groups -OCH3 is 1. The Bertz CT molecular complexity index is 751. The maximum absolute atomic E-state index is 13.0. The van der Waals surface area contributed by atoms with Crippen molar-refractivity contribution in [1.82, 2.24) is 0 Å². The van der Waals surface area contributed by atoms with Gasteiger partial charge in [0.25, 0.3) is 0 Å². The molecule has 0 aliphatic heterocycles. The number of fused-ring (bicyclic) bond motifs is 3. The standard InChI is InChI=1S/C20H26O7/c1-10(21)26-9-13-12-6-14(12)19(3)8-17(23)16(7-15(13)19)20(4,18(24)25-5)27-11(2)22/h12,14,16H,6-9H2,1-5H3/t12-,14-,16?,19+,20?/m1/s1. The Hall–Kier alpha value is -2.18. The molecule has 3 aliphatic carbocycles. The van der Waals surface area contributed by atoms with E-state index in [1.807, 2.05) is 0 Å². The first-order valence-electron chi connectivity index (χ1n) is 9.21. The summed E-state index contributed by atoms with van der Waals surface area (Å²) in [6, 6.07) is 0. The number of rotatable bonds is 5. The van der Waals surface area contributed by atoms with E-state index in [1.54, 1.807) is 0 Å². The van der Waals surface area contributed by atoms with Gasteiger partial charge in [0.2, 0.25) is 5.60 Å². The highest BCUT2D eigenvalue weighted by molar-refractivity contribution is 5.94. The van der Waals surface area contributed by atoms with Gasteiger partial charge in [-0.05, 0) is 42.6 Å². The lowest BCUT2D eigenvalue weighted by Gasteiger charge is -2.43. The van der Waals surface area contributed by atoms with Crippen molar-refractivity contribution in [2.75, 3.05) is 13.7 Å². The Morgan fingerprint density at radius 3 is 2.44 bits per heavy atom. The van der Waals surface area contributed by atoms with Crippen molar-refractivity contribution >= 4 is 23.7 Å². The van der Waals surface area contributed by atoms with Gasteiger partial charge in [0.1, 0.15) is 12.4 Å². The van der Waals surface area contributed by atoms with Crippen LogP contribution in [0.1, 0.15) is 47.0 Å². The highest BCUT2D eigenvalue weighted by Gasteiger charge is 2.64. The quantitative estimate of drug-likeness (QED) is 0.410. The maximum atomic E-state index is 13.0. The number of hydrogen-bond acceptors (Lipinski definition) is 7. The Balaban J connectivity index is 1.97. The first-order valence-corrected chi connectivity index (χ1v) is 9.21. The lowest BCUT2D eigenvalue weighted by Crippen LogP contribution is -2.53. The van der Waals surface area contributed by atoms with Gasteiger partial charge in [0.15, 0.2) is 0 Å². The number of carbonyl (C=O) groups excluding carboxylic acids is 4. The maximum Gasteiger partial charge on any atom is 0.350 e. The number of ketones is 1. The normalized spacial score (nSPS) is 33.5. The fraction of sp³-hybridized carbons (Fsp3) is 0.700. The molecule has 0 aromatic carbocycles. The third-order valence-corrected chi connectivity index (χ3v) is 6.51. The first kappa shape index (κ1) is 19.6. The van der Waals surface area contributed by atoms with Crippen LogP contribution < -0.4 is 0 Å². The van der Waals surface area contributed by atoms with Gasteiger partial charge >= 0.3 is 17.9 Å². The monoisotopic (exact) mass is 378 g/mol. The minimum atomic E-state index is -1.68. The second-order valence-electron chi connectivity index (χ2n) is 8.24. The van der Waals surface area contributed by atoms with Crippen LogP contribution in [0, 0.1) is 23.2 Å². The molecule has 0 radical (unpaired) electrons. The van der Waals surface area contributed by atoms with E-state index in [0.717, 1.165) is 17.6 Å². The van der Waals surface area contributed by atoms with Crippen LogP contribution in [0.4, 0.5) is 0 Å². The topological polar surface area (TPSA) is 96.0 Å². The highest BCUT2D eigenvalue weighted by atomic mass is 16.6. The van der Waals surface area contributed by atoms with Crippen molar-refractivity contribution in [1.29, 1.82) is 0 Å². The lowest BCUT2D eigenvalue weighted by molar-refractivity contribution is -0.186. The van der Waals surface area contributed by atoms with Gasteiger partial charge in [-0.2, -0.15) is 0 Å². The van der Waals surface area contributed by atoms with E-state index >= 15 is 0 Å². The summed E-state index contributed by atoms with van der Waals surface area (Å²) in [5, 5.41) is 0. The minimum absolute atomic E-state index is 0.102. The van der Waals surface area contributed by atoms with Gasteiger partial charge in [0, 0.05) is 20.3 Å². The lowest BCUT2D eigenvalue weighted by atomic mass is 9.62. The minimum Gasteiger partial charge on any atom is -0.466 e. The summed E-state index contributed by atoms with van der Waals surface area (Å²) in [4.78, 5) is 48.3. The fourth-order valence-corrected chi connectivity index (χ4v) is 5.14. The molecule has 5 atom stereocenters. The summed E-state index contributed by atoms with van der Waals surface area (Å²) in [5.41, 5.74) is 0.175. The Kier molecular flexibility index (Phi) is 4.68. The summed E-state index contributed by atoms with van der Waals surface area (Å²) < 4.78 is 15.4. The molecular weight excluding hydrogens is 352 g/mol. The zero-order valence-electron chi connectivity index (χ0n) is 16.4. The molecule has 0 heterocycles. The zero-order valence-corrected chi connectivity index (χ0v) is 16.4. The smallest absolute Gasteiger partial charge is 0.350 e. The summed E-state index contributed by atoms with van der Waals surface area (Å²) in [6.45, 7) is 6.29. The Morgan fingerprint density at radius 1 is 1.22 bits per heavy atom. The third kappa shape index (κ3) is 3.07. The molecule has 7 heteroatoms. The SMILES string of the molecule is COC(=O)C(C)(OC(C)=O)C1CC2=C(COC(C)=O)[C@H]3C[C@H]3[C@]2(C)CC1=O. The molecule has 7 nitrogen and oxygen atoms in total. The molecule has 0 saturated heterocycles. The Morgan fingerprint density at radius 2 is 1.89 bits per heavy atom. The number of esters is 3. The van der Waals surface area contributed by atoms with Crippen LogP contribution in [0.25, 0.3) is 0 Å². The molecule has 3 aliphatic rings. The van der Waals surface area contributed by atoms with Crippen LogP contribution in [-0.2, 0) is 33.4 Å². The van der Waals surface area contributed by atoms with Gasteiger partial charge < -0.3 is 14.2 Å². The number of allylic oxidation sites excluding steroid dienone is 1.